The number of benzene rings is 1. The van der Waals surface area contributed by atoms with Crippen LogP contribution < -0.4 is 10.1 Å². The average molecular weight is 356 g/mol. The molecule has 1 aromatic carbocycles. The summed E-state index contributed by atoms with van der Waals surface area (Å²) in [6, 6.07) is 5.82. The second-order valence-electron chi connectivity index (χ2n) is 5.61. The van der Waals surface area contributed by atoms with Gasteiger partial charge < -0.3 is 20.1 Å². The van der Waals surface area contributed by atoms with Gasteiger partial charge in [0.25, 0.3) is 0 Å². The summed E-state index contributed by atoms with van der Waals surface area (Å²) in [5, 5.41) is 11.2. The average Bonchev–Trinajstić information content (AvgIpc) is 2.88. The third-order valence-corrected chi connectivity index (χ3v) is 5.52. The Morgan fingerprint density at radius 2 is 2.00 bits per heavy atom. The standard InChI is InChI=1S/C15H20N2O6S/c1-17(12-7-9-24(21,22)10-12)15(20)16-11-2-4-13(5-3-11)23-8-6-14(18)19/h2-5,12H,6-10H2,1H3,(H,16,20)(H,18,19). The molecule has 0 saturated carbocycles. The summed E-state index contributed by atoms with van der Waals surface area (Å²) >= 11 is 0. The zero-order valence-electron chi connectivity index (χ0n) is 13.3. The first kappa shape index (κ1) is 18.1. The van der Waals surface area contributed by atoms with Crippen molar-refractivity contribution in [3.05, 3.63) is 24.3 Å². The quantitative estimate of drug-likeness (QED) is 0.792. The van der Waals surface area contributed by atoms with Gasteiger partial charge in [0.1, 0.15) is 5.75 Å². The Balaban J connectivity index is 1.86. The molecule has 0 bridgehead atoms. The predicted octanol–water partition coefficient (Wildman–Crippen LogP) is 1.19. The van der Waals surface area contributed by atoms with E-state index in [1.165, 1.54) is 4.90 Å². The van der Waals surface area contributed by atoms with E-state index in [0.717, 1.165) is 0 Å². The van der Waals surface area contributed by atoms with Crippen LogP contribution in [0, 0.1) is 0 Å². The Morgan fingerprint density at radius 3 is 2.54 bits per heavy atom. The minimum Gasteiger partial charge on any atom is -0.493 e. The Kier molecular flexibility index (Phi) is 5.66. The topological polar surface area (TPSA) is 113 Å². The molecule has 2 N–H and O–H groups in total. The largest absolute Gasteiger partial charge is 0.493 e. The number of amides is 2. The molecule has 0 aliphatic carbocycles. The van der Waals surface area contributed by atoms with Gasteiger partial charge in [-0.3, -0.25) is 4.79 Å². The molecule has 1 saturated heterocycles. The number of sulfone groups is 1. The van der Waals surface area contributed by atoms with Gasteiger partial charge in [0.05, 0.1) is 24.5 Å². The van der Waals surface area contributed by atoms with Crippen molar-refractivity contribution < 1.29 is 27.9 Å². The maximum Gasteiger partial charge on any atom is 0.321 e. The molecule has 1 fully saturated rings. The Bertz CT molecular complexity index is 701. The highest BCUT2D eigenvalue weighted by atomic mass is 32.2. The van der Waals surface area contributed by atoms with Gasteiger partial charge in [-0.05, 0) is 30.7 Å². The van der Waals surface area contributed by atoms with E-state index < -0.39 is 15.8 Å². The molecule has 1 heterocycles. The number of carbonyl (C=O) groups is 2. The fraction of sp³-hybridized carbons (Fsp3) is 0.467. The maximum atomic E-state index is 12.2. The van der Waals surface area contributed by atoms with Crippen LogP contribution in [0.2, 0.25) is 0 Å². The first-order chi connectivity index (χ1) is 11.3. The van der Waals surface area contributed by atoms with E-state index >= 15 is 0 Å². The molecule has 1 unspecified atom stereocenters. The number of anilines is 1. The van der Waals surface area contributed by atoms with E-state index in [1.54, 1.807) is 31.3 Å². The molecular formula is C15H20N2O6S. The minimum atomic E-state index is -3.05. The van der Waals surface area contributed by atoms with Gasteiger partial charge in [-0.15, -0.1) is 0 Å². The van der Waals surface area contributed by atoms with Gasteiger partial charge in [0, 0.05) is 18.8 Å². The van der Waals surface area contributed by atoms with Crippen LogP contribution in [0.25, 0.3) is 0 Å². The number of hydrogen-bond donors (Lipinski definition) is 2. The van der Waals surface area contributed by atoms with Crippen LogP contribution in [0.3, 0.4) is 0 Å². The van der Waals surface area contributed by atoms with Crippen LogP contribution in [0.15, 0.2) is 24.3 Å². The van der Waals surface area contributed by atoms with Gasteiger partial charge in [-0.2, -0.15) is 0 Å². The van der Waals surface area contributed by atoms with Crippen LogP contribution in [-0.4, -0.2) is 61.6 Å². The molecular weight excluding hydrogens is 336 g/mol. The Hall–Kier alpha value is -2.29. The van der Waals surface area contributed by atoms with Gasteiger partial charge in [-0.25, -0.2) is 13.2 Å². The van der Waals surface area contributed by atoms with E-state index in [4.69, 9.17) is 9.84 Å². The van der Waals surface area contributed by atoms with Crippen LogP contribution >= 0.6 is 0 Å². The molecule has 24 heavy (non-hydrogen) atoms. The lowest BCUT2D eigenvalue weighted by Gasteiger charge is -2.23. The van der Waals surface area contributed by atoms with E-state index in [9.17, 15) is 18.0 Å². The number of rotatable bonds is 6. The zero-order valence-corrected chi connectivity index (χ0v) is 14.1. The molecule has 1 aromatic rings. The summed E-state index contributed by atoms with van der Waals surface area (Å²) in [5.41, 5.74) is 0.540. The van der Waals surface area contributed by atoms with Crippen molar-refractivity contribution in [1.29, 1.82) is 0 Å². The summed E-state index contributed by atoms with van der Waals surface area (Å²) in [6.45, 7) is 0.0694. The highest BCUT2D eigenvalue weighted by Gasteiger charge is 2.32. The first-order valence-electron chi connectivity index (χ1n) is 7.46. The monoisotopic (exact) mass is 356 g/mol. The molecule has 2 amide bonds. The minimum absolute atomic E-state index is 0.00667. The van der Waals surface area contributed by atoms with Crippen molar-refractivity contribution in [3.8, 4) is 5.75 Å². The van der Waals surface area contributed by atoms with Crippen molar-refractivity contribution in [2.24, 2.45) is 0 Å². The number of nitrogens with one attached hydrogen (secondary N) is 1. The molecule has 1 atom stereocenters. The highest BCUT2D eigenvalue weighted by molar-refractivity contribution is 7.91. The van der Waals surface area contributed by atoms with Crippen molar-refractivity contribution in [3.63, 3.8) is 0 Å². The molecule has 0 spiro atoms. The van der Waals surface area contributed by atoms with E-state index in [1.807, 2.05) is 0 Å². The molecule has 1 aliphatic heterocycles. The lowest BCUT2D eigenvalue weighted by atomic mass is 10.2. The van der Waals surface area contributed by atoms with Crippen LogP contribution in [0.1, 0.15) is 12.8 Å². The fourth-order valence-corrected chi connectivity index (χ4v) is 4.12. The third kappa shape index (κ3) is 5.12. The highest BCUT2D eigenvalue weighted by Crippen LogP contribution is 2.19. The second-order valence-corrected chi connectivity index (χ2v) is 7.84. The van der Waals surface area contributed by atoms with Crippen molar-refractivity contribution in [2.75, 3.05) is 30.5 Å². The Labute approximate surface area is 140 Å². The number of carbonyl (C=O) groups excluding carboxylic acids is 1. The lowest BCUT2D eigenvalue weighted by molar-refractivity contribution is -0.137. The van der Waals surface area contributed by atoms with E-state index in [-0.39, 0.29) is 36.6 Å². The number of carboxylic acid groups (broad SMARTS) is 1. The maximum absolute atomic E-state index is 12.2. The van der Waals surface area contributed by atoms with Crippen molar-refractivity contribution in [2.45, 2.75) is 18.9 Å². The number of nitrogens with zero attached hydrogens (tertiary/aromatic N) is 1. The summed E-state index contributed by atoms with van der Waals surface area (Å²) < 4.78 is 28.2. The normalized spacial score (nSPS) is 18.8. The van der Waals surface area contributed by atoms with E-state index in [2.05, 4.69) is 5.32 Å². The number of urea groups is 1. The fourth-order valence-electron chi connectivity index (χ4n) is 2.35. The van der Waals surface area contributed by atoms with Crippen molar-refractivity contribution in [1.82, 2.24) is 4.90 Å². The second kappa shape index (κ2) is 7.52. The van der Waals surface area contributed by atoms with Gasteiger partial charge in [0.15, 0.2) is 9.84 Å². The van der Waals surface area contributed by atoms with Crippen molar-refractivity contribution >= 4 is 27.5 Å². The number of hydrogen-bond acceptors (Lipinski definition) is 5. The lowest BCUT2D eigenvalue weighted by Crippen LogP contribution is -2.40. The first-order valence-corrected chi connectivity index (χ1v) is 9.28. The predicted molar refractivity (Wildman–Crippen MR) is 88.0 cm³/mol. The van der Waals surface area contributed by atoms with Gasteiger partial charge >= 0.3 is 12.0 Å². The SMILES string of the molecule is CN(C(=O)Nc1ccc(OCCC(=O)O)cc1)C1CCS(=O)(=O)C1. The smallest absolute Gasteiger partial charge is 0.321 e. The summed E-state index contributed by atoms with van der Waals surface area (Å²) in [4.78, 5) is 24.0. The molecule has 1 aliphatic rings. The van der Waals surface area contributed by atoms with E-state index in [0.29, 0.717) is 17.9 Å². The number of aliphatic carboxylic acids is 1. The number of ether oxygens (including phenoxy) is 1. The summed E-state index contributed by atoms with van der Waals surface area (Å²) in [5.74, 6) is -0.328. The molecule has 8 nitrogen and oxygen atoms in total. The molecule has 0 radical (unpaired) electrons. The Morgan fingerprint density at radius 1 is 1.33 bits per heavy atom. The summed E-state index contributed by atoms with van der Waals surface area (Å²) in [6.07, 6.45) is 0.357. The molecule has 9 heteroatoms. The third-order valence-electron chi connectivity index (χ3n) is 3.77. The zero-order chi connectivity index (χ0) is 17.7. The molecule has 2 rings (SSSR count). The van der Waals surface area contributed by atoms with Crippen LogP contribution in [0.4, 0.5) is 10.5 Å². The van der Waals surface area contributed by atoms with Gasteiger partial charge in [-0.1, -0.05) is 0 Å². The number of carboxylic acids is 1. The van der Waals surface area contributed by atoms with Gasteiger partial charge in [0.2, 0.25) is 0 Å². The summed E-state index contributed by atoms with van der Waals surface area (Å²) in [7, 11) is -1.47. The molecule has 0 aromatic heterocycles. The van der Waals surface area contributed by atoms with Crippen LogP contribution in [-0.2, 0) is 14.6 Å². The molecule has 132 valence electrons. The van der Waals surface area contributed by atoms with Crippen LogP contribution in [0.5, 0.6) is 5.75 Å².